The predicted octanol–water partition coefficient (Wildman–Crippen LogP) is 4.34. The number of ketones is 1. The van der Waals surface area contributed by atoms with Crippen molar-refractivity contribution in [3.05, 3.63) is 23.0 Å². The van der Waals surface area contributed by atoms with E-state index >= 15 is 0 Å². The second-order valence-corrected chi connectivity index (χ2v) is 9.07. The summed E-state index contributed by atoms with van der Waals surface area (Å²) in [5, 5.41) is 10.9. The van der Waals surface area contributed by atoms with Gasteiger partial charge in [0.15, 0.2) is 5.76 Å². The summed E-state index contributed by atoms with van der Waals surface area (Å²) in [5.74, 6) is 0.454. The van der Waals surface area contributed by atoms with Crippen LogP contribution in [0.1, 0.15) is 59.8 Å². The smallest absolute Gasteiger partial charge is 0.223 e. The van der Waals surface area contributed by atoms with E-state index in [1.807, 2.05) is 13.8 Å². The summed E-state index contributed by atoms with van der Waals surface area (Å²) in [4.78, 5) is 12.7. The van der Waals surface area contributed by atoms with Gasteiger partial charge in [0.2, 0.25) is 5.78 Å². The fraction of sp³-hybridized carbons (Fsp3) is 0.750. The van der Waals surface area contributed by atoms with Gasteiger partial charge in [-0.25, -0.2) is 0 Å². The van der Waals surface area contributed by atoms with Gasteiger partial charge in [0.05, 0.1) is 6.61 Å². The summed E-state index contributed by atoms with van der Waals surface area (Å²) in [6.45, 7) is 9.39. The van der Waals surface area contributed by atoms with Crippen molar-refractivity contribution in [1.29, 1.82) is 0 Å². The molecule has 1 saturated heterocycles. The third kappa shape index (κ3) is 1.77. The van der Waals surface area contributed by atoms with E-state index in [1.165, 1.54) is 6.42 Å². The lowest BCUT2D eigenvalue weighted by Crippen LogP contribution is -2.52. The Bertz CT molecular complexity index is 639. The third-order valence-electron chi connectivity index (χ3n) is 7.09. The number of hydrogen-bond donors (Lipinski definition) is 1. The zero-order chi connectivity index (χ0) is 16.6. The highest BCUT2D eigenvalue weighted by molar-refractivity contribution is 6.09. The Morgan fingerprint density at radius 1 is 1.26 bits per heavy atom. The van der Waals surface area contributed by atoms with Crippen molar-refractivity contribution in [2.45, 2.75) is 65.4 Å². The average molecular weight is 316 g/mol. The first kappa shape index (κ1) is 15.4. The van der Waals surface area contributed by atoms with E-state index in [0.29, 0.717) is 12.5 Å². The Hall–Kier alpha value is -1.09. The molecule has 0 radical (unpaired) electrons. The van der Waals surface area contributed by atoms with Crippen LogP contribution in [-0.2, 0) is 9.53 Å². The minimum Gasteiger partial charge on any atom is -0.504 e. The Kier molecular flexibility index (Phi) is 3.02. The molecular formula is C20H28O3. The molecule has 2 bridgehead atoms. The Morgan fingerprint density at radius 2 is 2.00 bits per heavy atom. The molecule has 0 aromatic carbocycles. The number of aliphatic hydroxyl groups excluding tert-OH is 1. The lowest BCUT2D eigenvalue weighted by molar-refractivity contribution is -0.116. The van der Waals surface area contributed by atoms with E-state index in [2.05, 4.69) is 19.9 Å². The Labute approximate surface area is 138 Å². The van der Waals surface area contributed by atoms with Crippen LogP contribution in [-0.4, -0.2) is 23.1 Å². The molecule has 2 saturated carbocycles. The number of Topliss-reactive ketones (excluding diaryl/α,β-unsaturated/α-hetero) is 1. The van der Waals surface area contributed by atoms with Gasteiger partial charge in [0.25, 0.3) is 0 Å². The molecule has 1 unspecified atom stereocenters. The van der Waals surface area contributed by atoms with Crippen LogP contribution >= 0.6 is 0 Å². The van der Waals surface area contributed by atoms with Gasteiger partial charge in [-0.3, -0.25) is 4.79 Å². The molecule has 1 aliphatic heterocycles. The molecule has 1 heterocycles. The quantitative estimate of drug-likeness (QED) is 0.783. The molecule has 3 atom stereocenters. The van der Waals surface area contributed by atoms with Crippen molar-refractivity contribution >= 4 is 5.78 Å². The summed E-state index contributed by atoms with van der Waals surface area (Å²) in [7, 11) is 0. The minimum absolute atomic E-state index is 0.0103. The molecule has 3 aliphatic carbocycles. The normalized spacial score (nSPS) is 41.7. The average Bonchev–Trinajstić information content (AvgIpc) is 2.67. The topological polar surface area (TPSA) is 46.5 Å². The molecule has 4 aliphatic rings. The number of allylic oxidation sites excluding steroid dienone is 1. The number of aliphatic hydroxyl groups is 1. The molecule has 0 aromatic heterocycles. The molecule has 126 valence electrons. The van der Waals surface area contributed by atoms with Crippen LogP contribution in [0.3, 0.4) is 0 Å². The first-order chi connectivity index (χ1) is 10.7. The van der Waals surface area contributed by atoms with Crippen LogP contribution in [0.25, 0.3) is 0 Å². The standard InChI is InChI=1S/C20H28O3/c1-12(2)13-10-20-9-6-14-18(3,4)7-5-8-19(14,11-23-20)17(20)16(22)15(13)21/h10,12,14,22H,5-9,11H2,1-4H3/t14-,19+,20?/m0/s1. The van der Waals surface area contributed by atoms with Gasteiger partial charge in [0, 0.05) is 16.6 Å². The first-order valence-electron chi connectivity index (χ1n) is 9.09. The highest BCUT2D eigenvalue weighted by Crippen LogP contribution is 2.68. The summed E-state index contributed by atoms with van der Waals surface area (Å²) in [5.41, 5.74) is 1.26. The van der Waals surface area contributed by atoms with E-state index in [1.54, 1.807) is 0 Å². The highest BCUT2D eigenvalue weighted by atomic mass is 16.5. The maximum atomic E-state index is 12.7. The van der Waals surface area contributed by atoms with Gasteiger partial charge in [-0.1, -0.05) is 34.1 Å². The number of ether oxygens (including phenoxy) is 1. The van der Waals surface area contributed by atoms with Crippen molar-refractivity contribution in [3.63, 3.8) is 0 Å². The molecule has 3 heteroatoms. The molecule has 3 nitrogen and oxygen atoms in total. The van der Waals surface area contributed by atoms with Gasteiger partial charge in [-0.05, 0) is 49.0 Å². The number of rotatable bonds is 1. The van der Waals surface area contributed by atoms with Crippen molar-refractivity contribution < 1.29 is 14.6 Å². The largest absolute Gasteiger partial charge is 0.504 e. The molecular weight excluding hydrogens is 288 g/mol. The molecule has 4 rings (SSSR count). The lowest BCUT2D eigenvalue weighted by atomic mass is 9.47. The van der Waals surface area contributed by atoms with Gasteiger partial charge >= 0.3 is 0 Å². The maximum Gasteiger partial charge on any atom is 0.223 e. The number of hydrogen-bond acceptors (Lipinski definition) is 3. The molecule has 1 N–H and O–H groups in total. The van der Waals surface area contributed by atoms with Gasteiger partial charge in [0.1, 0.15) is 5.60 Å². The third-order valence-corrected chi connectivity index (χ3v) is 7.09. The molecule has 1 spiro atoms. The summed E-state index contributed by atoms with van der Waals surface area (Å²) >= 11 is 0. The van der Waals surface area contributed by atoms with Crippen LogP contribution < -0.4 is 0 Å². The van der Waals surface area contributed by atoms with E-state index in [0.717, 1.165) is 36.8 Å². The van der Waals surface area contributed by atoms with Gasteiger partial charge in [-0.15, -0.1) is 0 Å². The summed E-state index contributed by atoms with van der Waals surface area (Å²) in [6.07, 6.45) is 7.49. The Balaban J connectivity index is 1.90. The van der Waals surface area contributed by atoms with E-state index in [4.69, 9.17) is 4.74 Å². The first-order valence-corrected chi connectivity index (χ1v) is 9.09. The number of carbonyl (C=O) groups excluding carboxylic acids is 1. The summed E-state index contributed by atoms with van der Waals surface area (Å²) in [6, 6.07) is 0. The van der Waals surface area contributed by atoms with Crippen molar-refractivity contribution in [2.75, 3.05) is 6.61 Å². The molecule has 3 fully saturated rings. The highest BCUT2D eigenvalue weighted by Gasteiger charge is 2.66. The number of carbonyl (C=O) groups is 1. The van der Waals surface area contributed by atoms with Crippen LogP contribution in [0.15, 0.2) is 23.0 Å². The van der Waals surface area contributed by atoms with Crippen molar-refractivity contribution in [1.82, 2.24) is 0 Å². The fourth-order valence-electron chi connectivity index (χ4n) is 6.09. The fourth-order valence-corrected chi connectivity index (χ4v) is 6.09. The SMILES string of the molecule is CC(C)C1=CC23CC[C@H]4C(C)(C)CCC[C@]4(CO2)C3=C(O)C1=O. The lowest BCUT2D eigenvalue weighted by Gasteiger charge is -2.55. The van der Waals surface area contributed by atoms with Crippen molar-refractivity contribution in [3.8, 4) is 0 Å². The second kappa shape index (κ2) is 4.50. The van der Waals surface area contributed by atoms with E-state index in [9.17, 15) is 9.90 Å². The zero-order valence-corrected chi connectivity index (χ0v) is 14.7. The predicted molar refractivity (Wildman–Crippen MR) is 89.1 cm³/mol. The van der Waals surface area contributed by atoms with Gasteiger partial charge in [-0.2, -0.15) is 0 Å². The van der Waals surface area contributed by atoms with Crippen molar-refractivity contribution in [2.24, 2.45) is 22.7 Å². The summed E-state index contributed by atoms with van der Waals surface area (Å²) < 4.78 is 6.37. The monoisotopic (exact) mass is 316 g/mol. The van der Waals surface area contributed by atoms with Gasteiger partial charge < -0.3 is 9.84 Å². The van der Waals surface area contributed by atoms with Crippen LogP contribution in [0, 0.1) is 22.7 Å². The van der Waals surface area contributed by atoms with Crippen LogP contribution in [0.5, 0.6) is 0 Å². The molecule has 0 aromatic rings. The van der Waals surface area contributed by atoms with Crippen LogP contribution in [0.2, 0.25) is 0 Å². The Morgan fingerprint density at radius 3 is 2.70 bits per heavy atom. The molecule has 23 heavy (non-hydrogen) atoms. The zero-order valence-electron chi connectivity index (χ0n) is 14.7. The van der Waals surface area contributed by atoms with E-state index in [-0.39, 0.29) is 28.3 Å². The second-order valence-electron chi connectivity index (χ2n) is 9.07. The minimum atomic E-state index is -0.512. The maximum absolute atomic E-state index is 12.7. The molecule has 0 amide bonds. The van der Waals surface area contributed by atoms with Crippen LogP contribution in [0.4, 0.5) is 0 Å². The van der Waals surface area contributed by atoms with E-state index < -0.39 is 5.60 Å².